The van der Waals surface area contributed by atoms with Crippen molar-refractivity contribution in [1.29, 1.82) is 0 Å². The largest absolute Gasteiger partial charge is 0.396 e. The summed E-state index contributed by atoms with van der Waals surface area (Å²) in [5.41, 5.74) is 0.00444. The third kappa shape index (κ3) is 3.01. The number of amides is 1. The first kappa shape index (κ1) is 12.9. The number of rotatable bonds is 5. The molecule has 2 unspecified atom stereocenters. The van der Waals surface area contributed by atoms with Gasteiger partial charge in [0.1, 0.15) is 0 Å². The molecule has 3 nitrogen and oxygen atoms in total. The van der Waals surface area contributed by atoms with E-state index in [-0.39, 0.29) is 17.9 Å². The average molecular weight is 239 g/mol. The molecule has 17 heavy (non-hydrogen) atoms. The van der Waals surface area contributed by atoms with Crippen LogP contribution in [0.15, 0.2) is 0 Å². The van der Waals surface area contributed by atoms with Crippen molar-refractivity contribution in [2.75, 3.05) is 13.2 Å². The normalized spacial score (nSPS) is 31.8. The highest BCUT2D eigenvalue weighted by Gasteiger charge is 2.54. The number of nitrogens with one attached hydrogen (secondary N) is 1. The summed E-state index contributed by atoms with van der Waals surface area (Å²) in [6, 6.07) is 0. The fraction of sp³-hybridized carbons (Fsp3) is 0.929. The lowest BCUT2D eigenvalue weighted by atomic mass is 9.89. The predicted molar refractivity (Wildman–Crippen MR) is 67.4 cm³/mol. The second kappa shape index (κ2) is 4.97. The highest BCUT2D eigenvalue weighted by Crippen LogP contribution is 2.55. The van der Waals surface area contributed by atoms with E-state index in [4.69, 9.17) is 5.11 Å². The molecule has 0 aromatic rings. The van der Waals surface area contributed by atoms with Crippen molar-refractivity contribution in [2.45, 2.75) is 46.0 Å². The van der Waals surface area contributed by atoms with Crippen LogP contribution in [0.4, 0.5) is 0 Å². The summed E-state index contributed by atoms with van der Waals surface area (Å²) in [6.07, 6.45) is 5.86. The fourth-order valence-electron chi connectivity index (χ4n) is 3.22. The number of aliphatic hydroxyl groups excluding tert-OH is 1. The van der Waals surface area contributed by atoms with E-state index in [0.717, 1.165) is 6.42 Å². The number of aliphatic hydroxyl groups is 1. The minimum Gasteiger partial charge on any atom is -0.396 e. The van der Waals surface area contributed by atoms with Crippen LogP contribution >= 0.6 is 0 Å². The Bertz CT molecular complexity index is 276. The van der Waals surface area contributed by atoms with Gasteiger partial charge >= 0.3 is 0 Å². The van der Waals surface area contributed by atoms with Gasteiger partial charge in [-0.3, -0.25) is 4.79 Å². The van der Waals surface area contributed by atoms with Crippen molar-refractivity contribution in [3.05, 3.63) is 0 Å². The third-order valence-corrected chi connectivity index (χ3v) is 4.49. The van der Waals surface area contributed by atoms with Crippen molar-refractivity contribution >= 4 is 5.91 Å². The Kier molecular flexibility index (Phi) is 3.76. The molecule has 2 atom stereocenters. The fourth-order valence-corrected chi connectivity index (χ4v) is 3.22. The topological polar surface area (TPSA) is 49.3 Å². The zero-order chi connectivity index (χ0) is 12.5. The van der Waals surface area contributed by atoms with E-state index >= 15 is 0 Å². The number of hydrogen-bond donors (Lipinski definition) is 2. The molecule has 2 aliphatic carbocycles. The SMILES string of the molecule is CC(C)(CCO)CNC(=O)C1C2CCCCC21. The molecule has 2 N–H and O–H groups in total. The van der Waals surface area contributed by atoms with Crippen LogP contribution in [0.3, 0.4) is 0 Å². The molecule has 2 saturated carbocycles. The van der Waals surface area contributed by atoms with Gasteiger partial charge in [0.15, 0.2) is 0 Å². The van der Waals surface area contributed by atoms with Gasteiger partial charge in [0.25, 0.3) is 0 Å². The molecule has 2 rings (SSSR count). The highest BCUT2D eigenvalue weighted by atomic mass is 16.3. The molecular weight excluding hydrogens is 214 g/mol. The Labute approximate surface area is 104 Å². The van der Waals surface area contributed by atoms with Crippen LogP contribution in [0.1, 0.15) is 46.0 Å². The molecule has 0 saturated heterocycles. The summed E-state index contributed by atoms with van der Waals surface area (Å²) >= 11 is 0. The minimum absolute atomic E-state index is 0.00444. The van der Waals surface area contributed by atoms with Gasteiger partial charge in [-0.15, -0.1) is 0 Å². The van der Waals surface area contributed by atoms with Crippen molar-refractivity contribution in [3.8, 4) is 0 Å². The molecule has 0 spiro atoms. The van der Waals surface area contributed by atoms with Gasteiger partial charge in [0.05, 0.1) is 0 Å². The molecule has 0 radical (unpaired) electrons. The number of carbonyl (C=O) groups excluding carboxylic acids is 1. The molecule has 98 valence electrons. The third-order valence-electron chi connectivity index (χ3n) is 4.49. The van der Waals surface area contributed by atoms with Crippen LogP contribution in [0.5, 0.6) is 0 Å². The lowest BCUT2D eigenvalue weighted by Crippen LogP contribution is -2.35. The first-order chi connectivity index (χ1) is 8.05. The predicted octanol–water partition coefficient (Wildman–Crippen LogP) is 1.95. The van der Waals surface area contributed by atoms with Crippen molar-refractivity contribution in [3.63, 3.8) is 0 Å². The van der Waals surface area contributed by atoms with Crippen molar-refractivity contribution in [1.82, 2.24) is 5.32 Å². The van der Waals surface area contributed by atoms with Gasteiger partial charge in [-0.25, -0.2) is 0 Å². The van der Waals surface area contributed by atoms with Gasteiger partial charge in [0.2, 0.25) is 5.91 Å². The second-order valence-electron chi connectivity index (χ2n) is 6.49. The number of hydrogen-bond acceptors (Lipinski definition) is 2. The molecule has 0 heterocycles. The summed E-state index contributed by atoms with van der Waals surface area (Å²) in [6.45, 7) is 5.05. The van der Waals surface area contributed by atoms with E-state index in [9.17, 15) is 4.79 Å². The van der Waals surface area contributed by atoms with Gasteiger partial charge in [-0.05, 0) is 36.5 Å². The van der Waals surface area contributed by atoms with Gasteiger partial charge in [-0.1, -0.05) is 26.7 Å². The molecule has 2 aliphatic rings. The average Bonchev–Trinajstić information content (AvgIpc) is 3.00. The molecule has 0 aliphatic heterocycles. The first-order valence-corrected chi connectivity index (χ1v) is 6.94. The molecular formula is C14H25NO2. The Balaban J connectivity index is 1.75. The molecule has 0 aromatic carbocycles. The summed E-state index contributed by atoms with van der Waals surface area (Å²) in [5, 5.41) is 12.0. The Morgan fingerprint density at radius 3 is 2.41 bits per heavy atom. The Hall–Kier alpha value is -0.570. The van der Waals surface area contributed by atoms with E-state index in [1.807, 2.05) is 0 Å². The second-order valence-corrected chi connectivity index (χ2v) is 6.49. The molecule has 0 aromatic heterocycles. The summed E-state index contributed by atoms with van der Waals surface area (Å²) in [4.78, 5) is 12.0. The summed E-state index contributed by atoms with van der Waals surface area (Å²) in [7, 11) is 0. The standard InChI is InChI=1S/C14H25NO2/c1-14(2,7-8-16)9-15-13(17)12-10-5-3-4-6-11(10)12/h10-12,16H,3-9H2,1-2H3,(H,15,17). The molecule has 0 bridgehead atoms. The first-order valence-electron chi connectivity index (χ1n) is 6.94. The van der Waals surface area contributed by atoms with Crippen LogP contribution in [0.2, 0.25) is 0 Å². The van der Waals surface area contributed by atoms with Crippen molar-refractivity contribution < 1.29 is 9.90 Å². The van der Waals surface area contributed by atoms with E-state index in [1.54, 1.807) is 0 Å². The minimum atomic E-state index is 0.00444. The van der Waals surface area contributed by atoms with Crippen LogP contribution < -0.4 is 5.32 Å². The Morgan fingerprint density at radius 2 is 1.88 bits per heavy atom. The zero-order valence-corrected chi connectivity index (χ0v) is 11.0. The number of fused-ring (bicyclic) bond motifs is 1. The van der Waals surface area contributed by atoms with E-state index in [2.05, 4.69) is 19.2 Å². The van der Waals surface area contributed by atoms with E-state index < -0.39 is 0 Å². The van der Waals surface area contributed by atoms with E-state index in [0.29, 0.717) is 24.3 Å². The maximum absolute atomic E-state index is 12.0. The monoisotopic (exact) mass is 239 g/mol. The maximum atomic E-state index is 12.0. The summed E-state index contributed by atoms with van der Waals surface area (Å²) < 4.78 is 0. The lowest BCUT2D eigenvalue weighted by Gasteiger charge is -2.23. The van der Waals surface area contributed by atoms with Gasteiger partial charge < -0.3 is 10.4 Å². The molecule has 3 heteroatoms. The summed E-state index contributed by atoms with van der Waals surface area (Å²) in [5.74, 6) is 1.93. The molecule has 2 fully saturated rings. The van der Waals surface area contributed by atoms with Gasteiger partial charge in [-0.2, -0.15) is 0 Å². The van der Waals surface area contributed by atoms with Gasteiger partial charge in [0, 0.05) is 19.1 Å². The Morgan fingerprint density at radius 1 is 1.29 bits per heavy atom. The van der Waals surface area contributed by atoms with Crippen LogP contribution in [0, 0.1) is 23.2 Å². The van der Waals surface area contributed by atoms with Crippen LogP contribution in [-0.4, -0.2) is 24.2 Å². The molecule has 1 amide bonds. The maximum Gasteiger partial charge on any atom is 0.223 e. The van der Waals surface area contributed by atoms with Crippen LogP contribution in [-0.2, 0) is 4.79 Å². The van der Waals surface area contributed by atoms with Crippen molar-refractivity contribution in [2.24, 2.45) is 23.2 Å². The number of carbonyl (C=O) groups is 1. The van der Waals surface area contributed by atoms with Crippen LogP contribution in [0.25, 0.3) is 0 Å². The quantitative estimate of drug-likeness (QED) is 0.770. The smallest absolute Gasteiger partial charge is 0.223 e. The lowest BCUT2D eigenvalue weighted by molar-refractivity contribution is -0.123. The van der Waals surface area contributed by atoms with E-state index in [1.165, 1.54) is 25.7 Å². The highest BCUT2D eigenvalue weighted by molar-refractivity contribution is 5.82. The zero-order valence-electron chi connectivity index (χ0n) is 11.0.